The molecule has 4 heteroatoms. The third kappa shape index (κ3) is 3.91. The van der Waals surface area contributed by atoms with Crippen LogP contribution in [0.2, 0.25) is 0 Å². The van der Waals surface area contributed by atoms with Gasteiger partial charge in [-0.2, -0.15) is 0 Å². The van der Waals surface area contributed by atoms with E-state index in [1.54, 1.807) is 12.1 Å². The Morgan fingerprint density at radius 2 is 1.76 bits per heavy atom. The van der Waals surface area contributed by atoms with Gasteiger partial charge in [0, 0.05) is 10.2 Å². The summed E-state index contributed by atoms with van der Waals surface area (Å²) in [5, 5.41) is 2.88. The van der Waals surface area contributed by atoms with Gasteiger partial charge in [0.2, 0.25) is 5.91 Å². The summed E-state index contributed by atoms with van der Waals surface area (Å²) in [5.74, 6) is -0.590. The maximum atomic E-state index is 13.7. The summed E-state index contributed by atoms with van der Waals surface area (Å²) in [6.45, 7) is 5.92. The molecule has 0 saturated carbocycles. The van der Waals surface area contributed by atoms with Crippen molar-refractivity contribution in [2.24, 2.45) is 0 Å². The van der Waals surface area contributed by atoms with E-state index in [1.807, 2.05) is 32.9 Å². The molecule has 0 spiro atoms. The Labute approximate surface area is 132 Å². The minimum atomic E-state index is -0.370. The van der Waals surface area contributed by atoms with Crippen LogP contribution in [-0.2, 0) is 11.2 Å². The van der Waals surface area contributed by atoms with Crippen LogP contribution in [0.3, 0.4) is 0 Å². The van der Waals surface area contributed by atoms with Crippen molar-refractivity contribution >= 4 is 27.5 Å². The molecule has 0 radical (unpaired) electrons. The van der Waals surface area contributed by atoms with Crippen LogP contribution in [0.5, 0.6) is 0 Å². The molecule has 2 aromatic rings. The van der Waals surface area contributed by atoms with Crippen molar-refractivity contribution in [3.63, 3.8) is 0 Å². The maximum Gasteiger partial charge on any atom is 0.228 e. The van der Waals surface area contributed by atoms with E-state index < -0.39 is 0 Å². The van der Waals surface area contributed by atoms with E-state index in [1.165, 1.54) is 6.07 Å². The van der Waals surface area contributed by atoms with Gasteiger partial charge in [0.15, 0.2) is 0 Å². The van der Waals surface area contributed by atoms with E-state index >= 15 is 0 Å². The SMILES string of the molecule is Cc1cc(C)c(NC(=O)Cc2cc(Br)ccc2F)c(C)c1. The lowest BCUT2D eigenvalue weighted by Gasteiger charge is -2.13. The Morgan fingerprint density at radius 1 is 1.14 bits per heavy atom. The number of rotatable bonds is 3. The van der Waals surface area contributed by atoms with Crippen LogP contribution in [0.1, 0.15) is 22.3 Å². The Hall–Kier alpha value is -1.68. The van der Waals surface area contributed by atoms with Crippen molar-refractivity contribution in [1.82, 2.24) is 0 Å². The molecular formula is C17H17BrFNO. The molecular weight excluding hydrogens is 333 g/mol. The van der Waals surface area contributed by atoms with Gasteiger partial charge < -0.3 is 5.32 Å². The minimum Gasteiger partial charge on any atom is -0.325 e. The zero-order chi connectivity index (χ0) is 15.6. The van der Waals surface area contributed by atoms with E-state index in [-0.39, 0.29) is 18.1 Å². The average molecular weight is 350 g/mol. The maximum absolute atomic E-state index is 13.7. The predicted octanol–water partition coefficient (Wildman–Crippen LogP) is 4.69. The van der Waals surface area contributed by atoms with Crippen LogP contribution in [0.15, 0.2) is 34.8 Å². The molecule has 0 aliphatic carbocycles. The Balaban J connectivity index is 2.17. The topological polar surface area (TPSA) is 29.1 Å². The average Bonchev–Trinajstić information content (AvgIpc) is 2.38. The first kappa shape index (κ1) is 15.7. The molecule has 2 nitrogen and oxygen atoms in total. The van der Waals surface area contributed by atoms with E-state index in [0.717, 1.165) is 26.9 Å². The van der Waals surface area contributed by atoms with Crippen molar-refractivity contribution in [2.45, 2.75) is 27.2 Å². The standard InChI is InChI=1S/C17H17BrFNO/c1-10-6-11(2)17(12(3)7-10)20-16(21)9-13-8-14(18)4-5-15(13)19/h4-8H,9H2,1-3H3,(H,20,21). The summed E-state index contributed by atoms with van der Waals surface area (Å²) in [4.78, 5) is 12.1. The lowest BCUT2D eigenvalue weighted by Crippen LogP contribution is -2.17. The lowest BCUT2D eigenvalue weighted by molar-refractivity contribution is -0.115. The number of aryl methyl sites for hydroxylation is 3. The molecule has 0 bridgehead atoms. The van der Waals surface area contributed by atoms with Crippen LogP contribution < -0.4 is 5.32 Å². The smallest absolute Gasteiger partial charge is 0.228 e. The first-order valence-corrected chi connectivity index (χ1v) is 7.47. The molecule has 0 fully saturated rings. The highest BCUT2D eigenvalue weighted by atomic mass is 79.9. The second-order valence-electron chi connectivity index (χ2n) is 5.23. The summed E-state index contributed by atoms with van der Waals surface area (Å²) in [7, 11) is 0. The number of hydrogen-bond acceptors (Lipinski definition) is 1. The van der Waals surface area contributed by atoms with Gasteiger partial charge in [-0.3, -0.25) is 4.79 Å². The summed E-state index contributed by atoms with van der Waals surface area (Å²) < 4.78 is 14.4. The molecule has 0 aromatic heterocycles. The highest BCUT2D eigenvalue weighted by Gasteiger charge is 2.12. The second-order valence-corrected chi connectivity index (χ2v) is 6.15. The zero-order valence-electron chi connectivity index (χ0n) is 12.3. The molecule has 0 atom stereocenters. The number of carbonyl (C=O) groups excluding carboxylic acids is 1. The molecule has 0 aliphatic rings. The van der Waals surface area contributed by atoms with Gasteiger partial charge in [-0.15, -0.1) is 0 Å². The molecule has 0 unspecified atom stereocenters. The van der Waals surface area contributed by atoms with Gasteiger partial charge in [-0.25, -0.2) is 4.39 Å². The normalized spacial score (nSPS) is 10.5. The van der Waals surface area contributed by atoms with Crippen LogP contribution in [0.4, 0.5) is 10.1 Å². The second kappa shape index (κ2) is 6.39. The number of benzene rings is 2. The highest BCUT2D eigenvalue weighted by molar-refractivity contribution is 9.10. The van der Waals surface area contributed by atoms with Crippen molar-refractivity contribution < 1.29 is 9.18 Å². The Bertz CT molecular complexity index is 674. The van der Waals surface area contributed by atoms with Crippen molar-refractivity contribution in [2.75, 3.05) is 5.32 Å². The molecule has 110 valence electrons. The monoisotopic (exact) mass is 349 g/mol. The predicted molar refractivity (Wildman–Crippen MR) is 87.1 cm³/mol. The van der Waals surface area contributed by atoms with Crippen LogP contribution in [0.25, 0.3) is 0 Å². The minimum absolute atomic E-state index is 0.0119. The van der Waals surface area contributed by atoms with Gasteiger partial charge in [0.25, 0.3) is 0 Å². The first-order chi connectivity index (χ1) is 9.86. The number of halogens is 2. The van der Waals surface area contributed by atoms with E-state index in [2.05, 4.69) is 21.2 Å². The largest absolute Gasteiger partial charge is 0.325 e. The molecule has 2 rings (SSSR count). The van der Waals surface area contributed by atoms with E-state index in [9.17, 15) is 9.18 Å². The zero-order valence-corrected chi connectivity index (χ0v) is 13.8. The highest BCUT2D eigenvalue weighted by Crippen LogP contribution is 2.22. The third-order valence-corrected chi connectivity index (χ3v) is 3.79. The number of amides is 1. The number of hydrogen-bond donors (Lipinski definition) is 1. The Morgan fingerprint density at radius 3 is 2.38 bits per heavy atom. The molecule has 1 N–H and O–H groups in total. The fourth-order valence-electron chi connectivity index (χ4n) is 2.41. The molecule has 0 aliphatic heterocycles. The number of nitrogens with one attached hydrogen (secondary N) is 1. The van der Waals surface area contributed by atoms with Crippen molar-refractivity contribution in [3.05, 3.63) is 62.9 Å². The first-order valence-electron chi connectivity index (χ1n) is 6.68. The quantitative estimate of drug-likeness (QED) is 0.855. The van der Waals surface area contributed by atoms with E-state index in [0.29, 0.717) is 5.56 Å². The van der Waals surface area contributed by atoms with Crippen molar-refractivity contribution in [1.29, 1.82) is 0 Å². The molecule has 1 amide bonds. The molecule has 2 aromatic carbocycles. The molecule has 0 saturated heterocycles. The van der Waals surface area contributed by atoms with Crippen LogP contribution in [0, 0.1) is 26.6 Å². The van der Waals surface area contributed by atoms with Crippen LogP contribution in [-0.4, -0.2) is 5.91 Å². The number of carbonyl (C=O) groups is 1. The summed E-state index contributed by atoms with van der Waals surface area (Å²) in [6.07, 6.45) is 0.0119. The molecule has 0 heterocycles. The fraction of sp³-hybridized carbons (Fsp3) is 0.235. The summed E-state index contributed by atoms with van der Waals surface area (Å²) in [6, 6.07) is 8.63. The number of anilines is 1. The van der Waals surface area contributed by atoms with Gasteiger partial charge in [-0.1, -0.05) is 33.6 Å². The van der Waals surface area contributed by atoms with Crippen LogP contribution >= 0.6 is 15.9 Å². The van der Waals surface area contributed by atoms with E-state index in [4.69, 9.17) is 0 Å². The Kier molecular flexibility index (Phi) is 4.78. The fourth-order valence-corrected chi connectivity index (χ4v) is 2.82. The van der Waals surface area contributed by atoms with Gasteiger partial charge in [0.1, 0.15) is 5.82 Å². The third-order valence-electron chi connectivity index (χ3n) is 3.30. The van der Waals surface area contributed by atoms with Gasteiger partial charge in [-0.05, 0) is 55.7 Å². The molecule has 21 heavy (non-hydrogen) atoms. The lowest BCUT2D eigenvalue weighted by atomic mass is 10.0. The van der Waals surface area contributed by atoms with Crippen molar-refractivity contribution in [3.8, 4) is 0 Å². The summed E-state index contributed by atoms with van der Waals surface area (Å²) >= 11 is 3.29. The van der Waals surface area contributed by atoms with Gasteiger partial charge >= 0.3 is 0 Å². The van der Waals surface area contributed by atoms with Gasteiger partial charge in [0.05, 0.1) is 6.42 Å². The summed E-state index contributed by atoms with van der Waals surface area (Å²) in [5.41, 5.74) is 4.36.